The van der Waals surface area contributed by atoms with Gasteiger partial charge in [0.15, 0.2) is 0 Å². The van der Waals surface area contributed by atoms with E-state index in [1.165, 1.54) is 0 Å². The second-order valence-corrected chi connectivity index (χ2v) is 4.50. The third kappa shape index (κ3) is 3.99. The summed E-state index contributed by atoms with van der Waals surface area (Å²) in [5.41, 5.74) is 5.91. The van der Waals surface area contributed by atoms with E-state index >= 15 is 0 Å². The molecule has 0 bridgehead atoms. The molecule has 0 spiro atoms. The molecule has 1 fully saturated rings. The molecule has 5 nitrogen and oxygen atoms in total. The Bertz CT molecular complexity index is 184. The molecule has 1 aliphatic rings. The Morgan fingerprint density at radius 3 is 2.81 bits per heavy atom. The molecule has 0 aliphatic carbocycles. The summed E-state index contributed by atoms with van der Waals surface area (Å²) in [6.07, 6.45) is 1.01. The molecule has 5 heteroatoms. The van der Waals surface area contributed by atoms with E-state index in [2.05, 4.69) is 4.90 Å². The molecular weight excluding hydrogens is 208 g/mol. The fraction of sp³-hybridized carbons (Fsp3) is 1.00. The highest BCUT2D eigenvalue weighted by molar-refractivity contribution is 4.87. The number of nitrogens with two attached hydrogens (primary N) is 1. The van der Waals surface area contributed by atoms with Crippen molar-refractivity contribution in [1.29, 1.82) is 0 Å². The number of hydrogen-bond donors (Lipinski definition) is 2. The largest absolute Gasteiger partial charge is 0.395 e. The van der Waals surface area contributed by atoms with Crippen LogP contribution in [0.4, 0.5) is 0 Å². The van der Waals surface area contributed by atoms with Crippen molar-refractivity contribution in [2.24, 2.45) is 11.1 Å². The van der Waals surface area contributed by atoms with Crippen LogP contribution in [0, 0.1) is 5.41 Å². The van der Waals surface area contributed by atoms with Crippen LogP contribution in [0.2, 0.25) is 0 Å². The van der Waals surface area contributed by atoms with Gasteiger partial charge in [-0.15, -0.1) is 0 Å². The maximum Gasteiger partial charge on any atom is 0.0589 e. The van der Waals surface area contributed by atoms with Crippen molar-refractivity contribution < 1.29 is 14.6 Å². The van der Waals surface area contributed by atoms with Crippen molar-refractivity contribution in [2.45, 2.75) is 6.42 Å². The molecule has 0 aromatic carbocycles. The third-order valence-electron chi connectivity index (χ3n) is 3.20. The molecule has 1 aliphatic heterocycles. The standard InChI is InChI=1S/C11H24N2O3/c1-15-7-4-13(3-5-14)9-11(8-12)2-6-16-10-11/h14H,2-10,12H2,1H3. The molecular formula is C11H24N2O3. The molecule has 1 rings (SSSR count). The second kappa shape index (κ2) is 7.19. The first-order chi connectivity index (χ1) is 7.76. The molecule has 1 saturated heterocycles. The lowest BCUT2D eigenvalue weighted by atomic mass is 9.87. The van der Waals surface area contributed by atoms with E-state index in [9.17, 15) is 0 Å². The predicted octanol–water partition coefficient (Wildman–Crippen LogP) is -0.707. The summed E-state index contributed by atoms with van der Waals surface area (Å²) in [6, 6.07) is 0. The van der Waals surface area contributed by atoms with Crippen LogP contribution in [0.3, 0.4) is 0 Å². The topological polar surface area (TPSA) is 68.0 Å². The van der Waals surface area contributed by atoms with Crippen LogP contribution in [-0.2, 0) is 9.47 Å². The summed E-state index contributed by atoms with van der Waals surface area (Å²) >= 11 is 0. The van der Waals surface area contributed by atoms with Gasteiger partial charge in [-0.1, -0.05) is 0 Å². The highest BCUT2D eigenvalue weighted by Gasteiger charge is 2.35. The van der Waals surface area contributed by atoms with Crippen molar-refractivity contribution in [1.82, 2.24) is 4.90 Å². The summed E-state index contributed by atoms with van der Waals surface area (Å²) in [5.74, 6) is 0. The van der Waals surface area contributed by atoms with Crippen LogP contribution < -0.4 is 5.73 Å². The zero-order valence-corrected chi connectivity index (χ0v) is 10.2. The maximum atomic E-state index is 9.02. The van der Waals surface area contributed by atoms with E-state index in [4.69, 9.17) is 20.3 Å². The SMILES string of the molecule is COCCN(CCO)CC1(CN)CCOC1. The quantitative estimate of drug-likeness (QED) is 0.579. The van der Waals surface area contributed by atoms with Crippen LogP contribution in [0.25, 0.3) is 0 Å². The van der Waals surface area contributed by atoms with Gasteiger partial charge in [0.25, 0.3) is 0 Å². The van der Waals surface area contributed by atoms with E-state index in [-0.39, 0.29) is 12.0 Å². The van der Waals surface area contributed by atoms with Crippen molar-refractivity contribution in [3.63, 3.8) is 0 Å². The molecule has 0 aromatic heterocycles. The summed E-state index contributed by atoms with van der Waals surface area (Å²) in [6.45, 7) is 5.42. The van der Waals surface area contributed by atoms with E-state index in [1.54, 1.807) is 7.11 Å². The van der Waals surface area contributed by atoms with E-state index in [0.717, 1.165) is 32.7 Å². The van der Waals surface area contributed by atoms with Crippen LogP contribution in [0.15, 0.2) is 0 Å². The molecule has 3 N–H and O–H groups in total. The summed E-state index contributed by atoms with van der Waals surface area (Å²) in [4.78, 5) is 2.20. The minimum Gasteiger partial charge on any atom is -0.395 e. The Kier molecular flexibility index (Phi) is 6.23. The van der Waals surface area contributed by atoms with Crippen molar-refractivity contribution in [2.75, 3.05) is 59.7 Å². The Morgan fingerprint density at radius 1 is 1.50 bits per heavy atom. The zero-order chi connectivity index (χ0) is 11.9. The van der Waals surface area contributed by atoms with Gasteiger partial charge in [0.1, 0.15) is 0 Å². The van der Waals surface area contributed by atoms with Crippen LogP contribution in [-0.4, -0.2) is 69.7 Å². The first-order valence-electron chi connectivity index (χ1n) is 5.86. The van der Waals surface area contributed by atoms with Crippen molar-refractivity contribution >= 4 is 0 Å². The monoisotopic (exact) mass is 232 g/mol. The van der Waals surface area contributed by atoms with Crippen LogP contribution >= 0.6 is 0 Å². The second-order valence-electron chi connectivity index (χ2n) is 4.50. The fourth-order valence-electron chi connectivity index (χ4n) is 2.11. The zero-order valence-electron chi connectivity index (χ0n) is 10.2. The smallest absolute Gasteiger partial charge is 0.0589 e. The minimum absolute atomic E-state index is 0.0723. The lowest BCUT2D eigenvalue weighted by Crippen LogP contribution is -2.45. The van der Waals surface area contributed by atoms with Gasteiger partial charge >= 0.3 is 0 Å². The molecule has 1 atom stereocenters. The molecule has 0 amide bonds. The number of methoxy groups -OCH3 is 1. The van der Waals surface area contributed by atoms with E-state index in [0.29, 0.717) is 19.7 Å². The normalized spacial score (nSPS) is 25.5. The molecule has 1 heterocycles. The lowest BCUT2D eigenvalue weighted by molar-refractivity contribution is 0.0804. The molecule has 1 unspecified atom stereocenters. The first kappa shape index (κ1) is 13.9. The predicted molar refractivity (Wildman–Crippen MR) is 62.3 cm³/mol. The number of nitrogens with zero attached hydrogens (tertiary/aromatic N) is 1. The van der Waals surface area contributed by atoms with Crippen molar-refractivity contribution in [3.8, 4) is 0 Å². The summed E-state index contributed by atoms with van der Waals surface area (Å²) in [7, 11) is 1.69. The molecule has 96 valence electrons. The number of aliphatic hydroxyl groups is 1. The summed E-state index contributed by atoms with van der Waals surface area (Å²) in [5, 5.41) is 9.02. The van der Waals surface area contributed by atoms with Gasteiger partial charge in [-0.2, -0.15) is 0 Å². The van der Waals surface area contributed by atoms with Gasteiger partial charge in [0.05, 0.1) is 19.8 Å². The average molecular weight is 232 g/mol. The van der Waals surface area contributed by atoms with Gasteiger partial charge in [0.2, 0.25) is 0 Å². The molecule has 0 radical (unpaired) electrons. The van der Waals surface area contributed by atoms with Crippen LogP contribution in [0.1, 0.15) is 6.42 Å². The third-order valence-corrected chi connectivity index (χ3v) is 3.20. The molecule has 16 heavy (non-hydrogen) atoms. The minimum atomic E-state index is 0.0723. The van der Waals surface area contributed by atoms with Gasteiger partial charge < -0.3 is 20.3 Å². The van der Waals surface area contributed by atoms with Gasteiger partial charge in [-0.05, 0) is 6.42 Å². The first-order valence-corrected chi connectivity index (χ1v) is 5.86. The van der Waals surface area contributed by atoms with Gasteiger partial charge in [-0.3, -0.25) is 4.90 Å². The highest BCUT2D eigenvalue weighted by Crippen LogP contribution is 2.28. The number of ether oxygens (including phenoxy) is 2. The molecule has 0 saturated carbocycles. The fourth-order valence-corrected chi connectivity index (χ4v) is 2.11. The Hall–Kier alpha value is -0.200. The average Bonchev–Trinajstić information content (AvgIpc) is 2.75. The lowest BCUT2D eigenvalue weighted by Gasteiger charge is -2.32. The number of rotatable bonds is 8. The van der Waals surface area contributed by atoms with Gasteiger partial charge in [-0.25, -0.2) is 0 Å². The summed E-state index contributed by atoms with van der Waals surface area (Å²) < 4.78 is 10.5. The number of hydrogen-bond acceptors (Lipinski definition) is 5. The van der Waals surface area contributed by atoms with Gasteiger partial charge in [0, 0.05) is 45.3 Å². The Balaban J connectivity index is 2.44. The highest BCUT2D eigenvalue weighted by atomic mass is 16.5. The Labute approximate surface area is 97.5 Å². The number of aliphatic hydroxyl groups excluding tert-OH is 1. The maximum absolute atomic E-state index is 9.02. The Morgan fingerprint density at radius 2 is 2.31 bits per heavy atom. The van der Waals surface area contributed by atoms with Crippen LogP contribution in [0.5, 0.6) is 0 Å². The van der Waals surface area contributed by atoms with E-state index in [1.807, 2.05) is 0 Å². The molecule has 0 aromatic rings. The van der Waals surface area contributed by atoms with E-state index < -0.39 is 0 Å². The van der Waals surface area contributed by atoms with Crippen molar-refractivity contribution in [3.05, 3.63) is 0 Å².